The quantitative estimate of drug-likeness (QED) is 0.393. The molecule has 0 aliphatic heterocycles. The number of hydrogen-bond acceptors (Lipinski definition) is 4. The van der Waals surface area contributed by atoms with Gasteiger partial charge in [0.25, 0.3) is 0 Å². The van der Waals surface area contributed by atoms with Gasteiger partial charge in [-0.3, -0.25) is 0 Å². The number of allylic oxidation sites excluding steroid dienone is 1. The van der Waals surface area contributed by atoms with Crippen molar-refractivity contribution in [2.75, 3.05) is 6.61 Å². The van der Waals surface area contributed by atoms with E-state index in [0.717, 1.165) is 5.57 Å². The number of hydrogen-bond donors (Lipinski definition) is 4. The van der Waals surface area contributed by atoms with Gasteiger partial charge in [-0.2, -0.15) is 0 Å². The van der Waals surface area contributed by atoms with Gasteiger partial charge >= 0.3 is 0 Å². The van der Waals surface area contributed by atoms with Crippen LogP contribution in [-0.2, 0) is 98.1 Å². The minimum atomic E-state index is -1.35. The molecule has 1 rings (SSSR count). The van der Waals surface area contributed by atoms with Crippen LogP contribution in [0.5, 0.6) is 0 Å². The normalized spacial score (nSPS) is 31.8. The number of aliphatic hydroxyl groups excluding tert-OH is 3. The Bertz CT molecular complexity index is 240. The van der Waals surface area contributed by atoms with Gasteiger partial charge in [0.05, 0.1) is 24.4 Å². The van der Waals surface area contributed by atoms with Crippen LogP contribution in [0.25, 0.3) is 0 Å². The van der Waals surface area contributed by atoms with Crippen molar-refractivity contribution in [3.05, 3.63) is 11.1 Å². The molecule has 1 saturated carbocycles. The summed E-state index contributed by atoms with van der Waals surface area (Å²) in [7, 11) is 0. The molecule has 0 bridgehead atoms. The van der Waals surface area contributed by atoms with Crippen LogP contribution < -0.4 is 0 Å². The van der Waals surface area contributed by atoms with E-state index < -0.39 is 24.4 Å². The third kappa shape index (κ3) is 6.93. The van der Waals surface area contributed by atoms with E-state index in [1.807, 2.05) is 13.8 Å². The standard InChI is InChI=1S/C10H18O4.3Y/c1-6(2)9-7(12)3-10(14,5-11)4-8(9)13;;;/h7-8,11-14H,3-5H2,1-2H3;;;. The molecule has 1 aliphatic rings. The van der Waals surface area contributed by atoms with Gasteiger partial charge in [0, 0.05) is 111 Å². The van der Waals surface area contributed by atoms with Crippen molar-refractivity contribution in [2.24, 2.45) is 0 Å². The van der Waals surface area contributed by atoms with Crippen LogP contribution in [0.15, 0.2) is 11.1 Å². The Morgan fingerprint density at radius 3 is 1.71 bits per heavy atom. The zero-order valence-corrected chi connectivity index (χ0v) is 18.8. The summed E-state index contributed by atoms with van der Waals surface area (Å²) < 4.78 is 0. The monoisotopic (exact) mass is 469 g/mol. The average Bonchev–Trinajstić information content (AvgIpc) is 2.01. The third-order valence-electron chi connectivity index (χ3n) is 2.74. The molecule has 1 aliphatic carbocycles. The van der Waals surface area contributed by atoms with Gasteiger partial charge in [-0.1, -0.05) is 5.57 Å². The molecule has 2 unspecified atom stereocenters. The van der Waals surface area contributed by atoms with E-state index in [2.05, 4.69) is 0 Å². The molecular weight excluding hydrogens is 451 g/mol. The Labute approximate surface area is 178 Å². The predicted molar refractivity (Wildman–Crippen MR) is 51.7 cm³/mol. The van der Waals surface area contributed by atoms with E-state index in [9.17, 15) is 15.3 Å². The van der Waals surface area contributed by atoms with E-state index in [0.29, 0.717) is 5.57 Å². The van der Waals surface area contributed by atoms with Crippen molar-refractivity contribution >= 4 is 0 Å². The zero-order chi connectivity index (χ0) is 10.9. The fourth-order valence-electron chi connectivity index (χ4n) is 2.04. The molecule has 0 saturated heterocycles. The minimum Gasteiger partial charge on any atom is -0.393 e. The molecule has 0 heterocycles. The van der Waals surface area contributed by atoms with Crippen molar-refractivity contribution < 1.29 is 119 Å². The van der Waals surface area contributed by atoms with Gasteiger partial charge in [0.15, 0.2) is 0 Å². The maximum atomic E-state index is 9.73. The minimum absolute atomic E-state index is 0. The van der Waals surface area contributed by atoms with Gasteiger partial charge in [-0.15, -0.1) is 0 Å². The smallest absolute Gasteiger partial charge is 0.0933 e. The Morgan fingerprint density at radius 2 is 1.47 bits per heavy atom. The second-order valence-electron chi connectivity index (χ2n) is 4.28. The summed E-state index contributed by atoms with van der Waals surface area (Å²) in [5.41, 5.74) is 0.0886. The first-order valence-corrected chi connectivity index (χ1v) is 4.76. The molecule has 91 valence electrons. The van der Waals surface area contributed by atoms with E-state index in [-0.39, 0.29) is 111 Å². The first-order chi connectivity index (χ1) is 6.39. The summed E-state index contributed by atoms with van der Waals surface area (Å²) >= 11 is 0. The molecule has 17 heavy (non-hydrogen) atoms. The number of aliphatic hydroxyl groups is 4. The Hall–Kier alpha value is 2.89. The molecule has 0 aromatic heterocycles. The van der Waals surface area contributed by atoms with Crippen molar-refractivity contribution in [2.45, 2.75) is 44.5 Å². The fourth-order valence-corrected chi connectivity index (χ4v) is 2.04. The van der Waals surface area contributed by atoms with Crippen molar-refractivity contribution in [3.63, 3.8) is 0 Å². The van der Waals surface area contributed by atoms with E-state index in [1.165, 1.54) is 0 Å². The fraction of sp³-hybridized carbons (Fsp3) is 0.800. The van der Waals surface area contributed by atoms with Crippen LogP contribution in [0.4, 0.5) is 0 Å². The Balaban J connectivity index is -0.000000653. The zero-order valence-electron chi connectivity index (χ0n) is 10.3. The molecule has 0 amide bonds. The van der Waals surface area contributed by atoms with E-state index >= 15 is 0 Å². The third-order valence-corrected chi connectivity index (χ3v) is 2.74. The van der Waals surface area contributed by atoms with Gasteiger partial charge in [0.1, 0.15) is 0 Å². The van der Waals surface area contributed by atoms with Crippen LogP contribution in [0, 0.1) is 0 Å². The largest absolute Gasteiger partial charge is 0.393 e. The summed E-state index contributed by atoms with van der Waals surface area (Å²) in [5, 5.41) is 38.0. The van der Waals surface area contributed by atoms with Crippen LogP contribution in [0.3, 0.4) is 0 Å². The van der Waals surface area contributed by atoms with Crippen molar-refractivity contribution in [3.8, 4) is 0 Å². The summed E-state index contributed by atoms with van der Waals surface area (Å²) in [6.45, 7) is 3.19. The van der Waals surface area contributed by atoms with Gasteiger partial charge in [0.2, 0.25) is 0 Å². The van der Waals surface area contributed by atoms with Gasteiger partial charge in [-0.25, -0.2) is 0 Å². The Morgan fingerprint density at radius 1 is 1.12 bits per heavy atom. The molecule has 2 atom stereocenters. The van der Waals surface area contributed by atoms with Crippen LogP contribution in [0.1, 0.15) is 26.7 Å². The number of rotatable bonds is 1. The van der Waals surface area contributed by atoms with Crippen LogP contribution in [0.2, 0.25) is 0 Å². The molecule has 0 aromatic rings. The molecule has 3 radical (unpaired) electrons. The maximum absolute atomic E-state index is 9.73. The van der Waals surface area contributed by atoms with Gasteiger partial charge < -0.3 is 20.4 Å². The maximum Gasteiger partial charge on any atom is 0.0933 e. The summed E-state index contributed by atoms with van der Waals surface area (Å²) in [5.74, 6) is 0. The average molecular weight is 469 g/mol. The van der Waals surface area contributed by atoms with Crippen molar-refractivity contribution in [1.29, 1.82) is 0 Å². The van der Waals surface area contributed by atoms with Crippen LogP contribution in [-0.4, -0.2) is 44.8 Å². The van der Waals surface area contributed by atoms with E-state index in [1.54, 1.807) is 0 Å². The van der Waals surface area contributed by atoms with E-state index in [4.69, 9.17) is 5.11 Å². The van der Waals surface area contributed by atoms with Gasteiger partial charge in [-0.05, 0) is 19.4 Å². The topological polar surface area (TPSA) is 80.9 Å². The predicted octanol–water partition coefficient (Wildman–Crippen LogP) is -0.446. The Kier molecular flexibility index (Phi) is 15.5. The summed E-state index contributed by atoms with van der Waals surface area (Å²) in [6.07, 6.45) is -1.55. The molecule has 0 spiro atoms. The first kappa shape index (κ1) is 24.9. The second-order valence-corrected chi connectivity index (χ2v) is 4.28. The van der Waals surface area contributed by atoms with Crippen LogP contribution >= 0.6 is 0 Å². The first-order valence-electron chi connectivity index (χ1n) is 4.76. The molecule has 1 fully saturated rings. The molecule has 4 nitrogen and oxygen atoms in total. The van der Waals surface area contributed by atoms with Crippen molar-refractivity contribution in [1.82, 2.24) is 0 Å². The molecule has 0 aromatic carbocycles. The molecular formula is C10H18O4Y3. The summed E-state index contributed by atoms with van der Waals surface area (Å²) in [6, 6.07) is 0. The molecule has 4 N–H and O–H groups in total. The SMILES string of the molecule is CC(C)=C1C(O)CC(O)(CO)CC1O.[Y].[Y].[Y]. The second kappa shape index (κ2) is 10.6. The molecule has 7 heteroatoms. The summed E-state index contributed by atoms with van der Waals surface area (Å²) in [4.78, 5) is 0.